The molecule has 0 bridgehead atoms. The summed E-state index contributed by atoms with van der Waals surface area (Å²) < 4.78 is 22.7. The van der Waals surface area contributed by atoms with Crippen molar-refractivity contribution in [1.82, 2.24) is 0 Å². The number of anilines is 3. The molecule has 0 aromatic heterocycles. The molecule has 2 rings (SSSR count). The second-order valence-electron chi connectivity index (χ2n) is 4.83. The number of primary sulfonamides is 1. The van der Waals surface area contributed by atoms with Crippen LogP contribution >= 0.6 is 0 Å². The van der Waals surface area contributed by atoms with Gasteiger partial charge >= 0.3 is 0 Å². The Hall–Kier alpha value is -2.05. The van der Waals surface area contributed by atoms with Gasteiger partial charge in [-0.1, -0.05) is 31.5 Å². The van der Waals surface area contributed by atoms with Crippen LogP contribution in [0.5, 0.6) is 0 Å². The molecule has 0 aliphatic heterocycles. The molecular weight excluding hydrogens is 286 g/mol. The summed E-state index contributed by atoms with van der Waals surface area (Å²) in [6.45, 7) is 2.12. The van der Waals surface area contributed by atoms with E-state index in [2.05, 4.69) is 18.3 Å². The van der Waals surface area contributed by atoms with Crippen molar-refractivity contribution in [3.05, 3.63) is 48.0 Å². The first-order valence-electron chi connectivity index (χ1n) is 6.69. The topological polar surface area (TPSA) is 98.2 Å². The van der Waals surface area contributed by atoms with E-state index in [1.54, 1.807) is 12.1 Å². The minimum atomic E-state index is -3.79. The molecule has 0 saturated carbocycles. The molecule has 2 aromatic carbocycles. The lowest BCUT2D eigenvalue weighted by molar-refractivity contribution is 0.598. The van der Waals surface area contributed by atoms with Crippen molar-refractivity contribution in [2.45, 2.75) is 24.7 Å². The van der Waals surface area contributed by atoms with E-state index in [9.17, 15) is 8.42 Å². The van der Waals surface area contributed by atoms with Gasteiger partial charge in [-0.15, -0.1) is 0 Å². The molecule has 0 spiro atoms. The Morgan fingerprint density at radius 3 is 2.48 bits per heavy atom. The average molecular weight is 305 g/mol. The molecular formula is C15H19N3O2S. The molecule has 0 atom stereocenters. The normalized spacial score (nSPS) is 11.3. The van der Waals surface area contributed by atoms with E-state index in [0.29, 0.717) is 0 Å². The number of benzene rings is 2. The largest absolute Gasteiger partial charge is 0.398 e. The van der Waals surface area contributed by atoms with Crippen LogP contribution in [-0.2, 0) is 16.4 Å². The highest BCUT2D eigenvalue weighted by Gasteiger charge is 2.12. The van der Waals surface area contributed by atoms with Crippen LogP contribution < -0.4 is 16.2 Å². The Kier molecular flexibility index (Phi) is 4.50. The number of rotatable bonds is 5. The monoisotopic (exact) mass is 305 g/mol. The summed E-state index contributed by atoms with van der Waals surface area (Å²) in [6, 6.07) is 12.6. The van der Waals surface area contributed by atoms with Gasteiger partial charge in [-0.05, 0) is 36.2 Å². The summed E-state index contributed by atoms with van der Waals surface area (Å²) in [5, 5.41) is 8.36. The lowest BCUT2D eigenvalue weighted by atomic mass is 10.1. The first-order valence-corrected chi connectivity index (χ1v) is 8.23. The Bertz CT molecular complexity index is 742. The van der Waals surface area contributed by atoms with Gasteiger partial charge in [0.1, 0.15) is 4.90 Å². The summed E-state index contributed by atoms with van der Waals surface area (Å²) in [5.41, 5.74) is 8.81. The van der Waals surface area contributed by atoms with E-state index >= 15 is 0 Å². The molecule has 2 aromatic rings. The predicted octanol–water partition coefficient (Wildman–Crippen LogP) is 2.61. The van der Waals surface area contributed by atoms with Gasteiger partial charge in [0.15, 0.2) is 0 Å². The fraction of sp³-hybridized carbons (Fsp3) is 0.200. The summed E-state index contributed by atoms with van der Waals surface area (Å²) in [5.74, 6) is 0. The number of para-hydroxylation sites is 1. The standard InChI is InChI=1S/C15H19N3O2S/c1-2-5-11-6-3-4-7-14(11)18-12-8-9-15(13(16)10-12)21(17,19)20/h3-4,6-10,18H,2,5,16H2,1H3,(H2,17,19,20). The van der Waals surface area contributed by atoms with E-state index in [1.807, 2.05) is 18.2 Å². The van der Waals surface area contributed by atoms with Gasteiger partial charge in [0, 0.05) is 11.4 Å². The van der Waals surface area contributed by atoms with Crippen molar-refractivity contribution in [2.24, 2.45) is 5.14 Å². The Balaban J connectivity index is 2.31. The second kappa shape index (κ2) is 6.15. The lowest BCUT2D eigenvalue weighted by Gasteiger charge is -2.13. The van der Waals surface area contributed by atoms with Crippen molar-refractivity contribution >= 4 is 27.1 Å². The molecule has 6 heteroatoms. The molecule has 0 radical (unpaired) electrons. The molecule has 0 aliphatic carbocycles. The van der Waals surface area contributed by atoms with Crippen molar-refractivity contribution in [3.8, 4) is 0 Å². The van der Waals surface area contributed by atoms with Crippen LogP contribution in [0.1, 0.15) is 18.9 Å². The van der Waals surface area contributed by atoms with Crippen LogP contribution in [-0.4, -0.2) is 8.42 Å². The molecule has 21 heavy (non-hydrogen) atoms. The van der Waals surface area contributed by atoms with Crippen LogP contribution in [0.25, 0.3) is 0 Å². The minimum Gasteiger partial charge on any atom is -0.398 e. The third-order valence-corrected chi connectivity index (χ3v) is 4.12. The van der Waals surface area contributed by atoms with Crippen LogP contribution in [0.15, 0.2) is 47.4 Å². The minimum absolute atomic E-state index is 0.0603. The van der Waals surface area contributed by atoms with Gasteiger partial charge in [0.25, 0.3) is 0 Å². The van der Waals surface area contributed by atoms with E-state index in [-0.39, 0.29) is 10.6 Å². The first-order chi connectivity index (χ1) is 9.91. The highest BCUT2D eigenvalue weighted by Crippen LogP contribution is 2.26. The fourth-order valence-corrected chi connectivity index (χ4v) is 2.82. The van der Waals surface area contributed by atoms with E-state index in [1.165, 1.54) is 11.6 Å². The maximum atomic E-state index is 11.3. The second-order valence-corrected chi connectivity index (χ2v) is 6.36. The van der Waals surface area contributed by atoms with Gasteiger partial charge in [-0.3, -0.25) is 0 Å². The number of hydrogen-bond donors (Lipinski definition) is 3. The van der Waals surface area contributed by atoms with Gasteiger partial charge in [0.2, 0.25) is 10.0 Å². The van der Waals surface area contributed by atoms with Crippen molar-refractivity contribution in [3.63, 3.8) is 0 Å². The molecule has 0 fully saturated rings. The maximum absolute atomic E-state index is 11.3. The number of hydrogen-bond acceptors (Lipinski definition) is 4. The quantitative estimate of drug-likeness (QED) is 0.739. The van der Waals surface area contributed by atoms with Gasteiger partial charge in [0.05, 0.1) is 5.69 Å². The van der Waals surface area contributed by atoms with Crippen LogP contribution in [0.4, 0.5) is 17.1 Å². The van der Waals surface area contributed by atoms with Gasteiger partial charge < -0.3 is 11.1 Å². The third kappa shape index (κ3) is 3.74. The number of aryl methyl sites for hydroxylation is 1. The summed E-state index contributed by atoms with van der Waals surface area (Å²) >= 11 is 0. The lowest BCUT2D eigenvalue weighted by Crippen LogP contribution is -2.14. The Morgan fingerprint density at radius 1 is 1.14 bits per heavy atom. The first kappa shape index (κ1) is 15.3. The molecule has 5 N–H and O–H groups in total. The summed E-state index contributed by atoms with van der Waals surface area (Å²) in [4.78, 5) is -0.0603. The highest BCUT2D eigenvalue weighted by atomic mass is 32.2. The average Bonchev–Trinajstić information content (AvgIpc) is 2.40. The molecule has 0 unspecified atom stereocenters. The molecule has 5 nitrogen and oxygen atoms in total. The van der Waals surface area contributed by atoms with Gasteiger partial charge in [-0.25, -0.2) is 13.6 Å². The van der Waals surface area contributed by atoms with Crippen molar-refractivity contribution in [2.75, 3.05) is 11.1 Å². The maximum Gasteiger partial charge on any atom is 0.240 e. The van der Waals surface area contributed by atoms with Crippen molar-refractivity contribution < 1.29 is 8.42 Å². The highest BCUT2D eigenvalue weighted by molar-refractivity contribution is 7.89. The smallest absolute Gasteiger partial charge is 0.240 e. The number of sulfonamides is 1. The summed E-state index contributed by atoms with van der Waals surface area (Å²) in [6.07, 6.45) is 2.01. The van der Waals surface area contributed by atoms with Gasteiger partial charge in [-0.2, -0.15) is 0 Å². The third-order valence-electron chi connectivity index (χ3n) is 3.13. The van der Waals surface area contributed by atoms with Crippen LogP contribution in [0.3, 0.4) is 0 Å². The molecule has 0 heterocycles. The number of nitrogens with one attached hydrogen (secondary N) is 1. The van der Waals surface area contributed by atoms with E-state index in [4.69, 9.17) is 10.9 Å². The fourth-order valence-electron chi connectivity index (χ4n) is 2.17. The SMILES string of the molecule is CCCc1ccccc1Nc1ccc(S(N)(=O)=O)c(N)c1. The number of nitrogen functional groups attached to an aromatic ring is 1. The predicted molar refractivity (Wildman–Crippen MR) is 85.9 cm³/mol. The molecule has 0 amide bonds. The van der Waals surface area contributed by atoms with Crippen LogP contribution in [0.2, 0.25) is 0 Å². The van der Waals surface area contributed by atoms with Crippen molar-refractivity contribution in [1.29, 1.82) is 0 Å². The zero-order valence-electron chi connectivity index (χ0n) is 11.8. The molecule has 0 aliphatic rings. The summed E-state index contributed by atoms with van der Waals surface area (Å²) in [7, 11) is -3.79. The number of nitrogens with two attached hydrogens (primary N) is 2. The zero-order valence-corrected chi connectivity index (χ0v) is 12.7. The molecule has 0 saturated heterocycles. The van der Waals surface area contributed by atoms with E-state index in [0.717, 1.165) is 24.2 Å². The van der Waals surface area contributed by atoms with E-state index < -0.39 is 10.0 Å². The zero-order chi connectivity index (χ0) is 15.5. The molecule has 112 valence electrons. The Morgan fingerprint density at radius 2 is 1.86 bits per heavy atom. The van der Waals surface area contributed by atoms with Crippen LogP contribution in [0, 0.1) is 0 Å². The Labute approximate surface area is 125 Å².